The van der Waals surface area contributed by atoms with Crippen LogP contribution in [0.25, 0.3) is 72.7 Å². The molecule has 0 radical (unpaired) electrons. The van der Waals surface area contributed by atoms with Crippen molar-refractivity contribution < 1.29 is 9.59 Å². The summed E-state index contributed by atoms with van der Waals surface area (Å²) in [4.78, 5) is 40.1. The van der Waals surface area contributed by atoms with Gasteiger partial charge in [-0.15, -0.1) is 45.3 Å². The molecule has 0 fully saturated rings. The van der Waals surface area contributed by atoms with Gasteiger partial charge in [0.25, 0.3) is 11.4 Å². The summed E-state index contributed by atoms with van der Waals surface area (Å²) in [5.74, 6) is -0.383. The fraction of sp³-hybridized carbons (Fsp3) is 0.265. The molecule has 0 saturated heterocycles. The van der Waals surface area contributed by atoms with E-state index in [0.717, 1.165) is 61.1 Å². The minimum atomic E-state index is -0.770. The average Bonchev–Trinajstić information content (AvgIpc) is 1.49. The summed E-state index contributed by atoms with van der Waals surface area (Å²) in [5, 5.41) is 20.4. The molecule has 0 amide bonds. The van der Waals surface area contributed by atoms with Gasteiger partial charge in [-0.2, -0.15) is 0 Å². The zero-order chi connectivity index (χ0) is 74.5. The molecule has 7 aromatic carbocycles. The highest BCUT2D eigenvalue weighted by molar-refractivity contribution is 7.31. The van der Waals surface area contributed by atoms with Gasteiger partial charge in [0, 0.05) is 73.5 Å². The lowest BCUT2D eigenvalue weighted by molar-refractivity contribution is 0.103. The van der Waals surface area contributed by atoms with Crippen molar-refractivity contribution in [3.8, 4) is 33.0 Å². The fourth-order valence-electron chi connectivity index (χ4n) is 17.3. The summed E-state index contributed by atoms with van der Waals surface area (Å²) in [6.45, 7) is 25.0. The number of nitriles is 2. The largest absolute Gasteiger partial charge is 0.289 e. The predicted octanol–water partition coefficient (Wildman–Crippen LogP) is 27.4. The molecule has 0 aliphatic heterocycles. The first kappa shape index (κ1) is 73.1. The van der Waals surface area contributed by atoms with Gasteiger partial charge >= 0.3 is 0 Å². The Hall–Kier alpha value is -10.4. The number of aryl methyl sites for hydroxylation is 4. The van der Waals surface area contributed by atoms with Crippen LogP contribution in [0.1, 0.15) is 239 Å². The molecule has 534 valence electrons. The Bertz CT molecular complexity index is 5210. The Morgan fingerprint density at radius 2 is 0.713 bits per heavy atom. The highest BCUT2D eigenvalue weighted by Crippen LogP contribution is 2.68. The molecule has 4 aliphatic rings. The van der Waals surface area contributed by atoms with Crippen molar-refractivity contribution in [3.05, 3.63) is 338 Å². The van der Waals surface area contributed by atoms with Crippen LogP contribution in [0.4, 0.5) is 0 Å². The highest BCUT2D eigenvalue weighted by Gasteiger charge is 2.54. The molecule has 10 heteroatoms. The Morgan fingerprint density at radius 1 is 0.398 bits per heavy atom. The molecule has 11 aromatic rings. The van der Waals surface area contributed by atoms with Gasteiger partial charge in [0.05, 0.1) is 45.5 Å². The number of Topliss-reactive ketones (excluding diaryl/α,β-unsaturated/α-hetero) is 2. The van der Waals surface area contributed by atoms with Gasteiger partial charge in [0.1, 0.15) is 0 Å². The molecule has 4 heterocycles. The lowest BCUT2D eigenvalue weighted by Gasteiger charge is -2.36. The van der Waals surface area contributed by atoms with Gasteiger partial charge < -0.3 is 0 Å². The molecule has 6 nitrogen and oxygen atoms in total. The summed E-state index contributed by atoms with van der Waals surface area (Å²) in [6, 6.07) is 67.5. The van der Waals surface area contributed by atoms with Crippen molar-refractivity contribution in [2.45, 2.75) is 167 Å². The number of hydrogen-bond donors (Lipinski definition) is 0. The zero-order valence-electron chi connectivity index (χ0n) is 62.0. The number of carbonyl (C=O) groups excluding carboxylic acids is 2. The standard InChI is InChI=1S/C98H86N4O2S4/c1-7-11-15-19-29-63-41-49-67(50-42-63)97(68-51-43-64(44-52-68)30-20-16-12-8-2)81-59-80-82(60-79(81)93-89(97)95-85(107-93)57-71(105-95)33-27-39-77-87(83(61-99)101-5)73-35-23-25-37-75(73)91(77)103)98(69-53-45-65(46-54-69)31-21-17-13-9-3,70-55-47-66(48-56-70)32-22-18-14-10-4)90-94(80)108-86-58-72(106-96(86)90)34-28-40-78-88(84(62-100)102-6)74-36-24-26-38-76(74)92(78)104/h23-28,33-60H,7-22,29-32H2,1-4H3/b33-27+,34-28+,77-39-,78-40-,87-83-,88-84+. The van der Waals surface area contributed by atoms with Crippen LogP contribution in [0.3, 0.4) is 0 Å². The van der Waals surface area contributed by atoms with E-state index in [1.807, 2.05) is 71.2 Å². The van der Waals surface area contributed by atoms with Gasteiger partial charge in [-0.1, -0.05) is 275 Å². The van der Waals surface area contributed by atoms with E-state index in [1.54, 1.807) is 47.0 Å². The van der Waals surface area contributed by atoms with E-state index in [-0.39, 0.29) is 23.0 Å². The molecule has 0 N–H and O–H groups in total. The minimum absolute atomic E-state index is 0.0944. The fourth-order valence-corrected chi connectivity index (χ4v) is 22.7. The highest BCUT2D eigenvalue weighted by atomic mass is 32.1. The number of ketones is 2. The van der Waals surface area contributed by atoms with Crippen LogP contribution in [0, 0.1) is 35.8 Å². The quantitative estimate of drug-likeness (QED) is 0.0211. The van der Waals surface area contributed by atoms with Crippen molar-refractivity contribution in [2.75, 3.05) is 0 Å². The molecule has 108 heavy (non-hydrogen) atoms. The van der Waals surface area contributed by atoms with E-state index >= 15 is 0 Å². The molecular formula is C98H86N4O2S4. The summed E-state index contributed by atoms with van der Waals surface area (Å²) in [6.07, 6.45) is 34.8. The molecular weight excluding hydrogens is 1390 g/mol. The first-order valence-electron chi connectivity index (χ1n) is 38.9. The van der Waals surface area contributed by atoms with Crippen molar-refractivity contribution in [1.82, 2.24) is 0 Å². The van der Waals surface area contributed by atoms with Crippen LogP contribution >= 0.6 is 45.3 Å². The van der Waals surface area contributed by atoms with Crippen molar-refractivity contribution in [1.29, 1.82) is 10.5 Å². The van der Waals surface area contributed by atoms with Crippen LogP contribution in [-0.4, -0.2) is 11.6 Å². The second-order valence-corrected chi connectivity index (χ2v) is 33.6. The maximum absolute atomic E-state index is 14.2. The summed E-state index contributed by atoms with van der Waals surface area (Å²) in [7, 11) is 0. The number of carbonyl (C=O) groups is 2. The van der Waals surface area contributed by atoms with E-state index < -0.39 is 10.8 Å². The Balaban J connectivity index is 0.966. The Kier molecular flexibility index (Phi) is 21.8. The lowest BCUT2D eigenvalue weighted by Crippen LogP contribution is -2.30. The molecule has 0 atom stereocenters. The van der Waals surface area contributed by atoms with E-state index in [9.17, 15) is 20.1 Å². The molecule has 0 unspecified atom stereocenters. The topological polar surface area (TPSA) is 90.4 Å². The monoisotopic (exact) mass is 1480 g/mol. The van der Waals surface area contributed by atoms with Gasteiger partial charge in [0.15, 0.2) is 11.6 Å². The van der Waals surface area contributed by atoms with Gasteiger partial charge in [-0.05, 0) is 166 Å². The van der Waals surface area contributed by atoms with Crippen molar-refractivity contribution in [3.63, 3.8) is 0 Å². The third-order valence-corrected chi connectivity index (χ3v) is 27.5. The predicted molar refractivity (Wildman–Crippen MR) is 453 cm³/mol. The second kappa shape index (κ2) is 32.2. The number of fused-ring (bicyclic) bond motifs is 12. The van der Waals surface area contributed by atoms with Crippen molar-refractivity contribution >= 4 is 99.0 Å². The molecule has 0 bridgehead atoms. The van der Waals surface area contributed by atoms with E-state index in [0.29, 0.717) is 44.5 Å². The third-order valence-electron chi connectivity index (χ3n) is 22.7. The number of allylic oxidation sites excluding steroid dienone is 10. The van der Waals surface area contributed by atoms with Crippen LogP contribution in [0.15, 0.2) is 217 Å². The molecule has 4 aliphatic carbocycles. The SMILES string of the molecule is [C-]#[N+]\C(C#N)=C1/C(=C/C=C/c2cc3sc4c(c3s2)C(c2ccc(CCCCCC)cc2)(c2ccc(CCCCCC)cc2)c2cc3c(cc2-4)C(c2ccc(CCCCCC)cc2)(c2ccc(CCCCCC)cc2)c2c-3sc3cc(/C=C/C=C4\C(=O)c5ccccc5\C4=C(\C#N)[N+]#[C-])sc23)C(=O)c2ccccc21. The summed E-state index contributed by atoms with van der Waals surface area (Å²) < 4.78 is 4.83. The number of nitrogens with zero attached hydrogens (tertiary/aromatic N) is 4. The normalized spacial score (nSPS) is 15.9. The van der Waals surface area contributed by atoms with Gasteiger partial charge in [-0.25, -0.2) is 20.2 Å². The van der Waals surface area contributed by atoms with E-state index in [2.05, 4.69) is 183 Å². The number of benzene rings is 7. The number of hydrogen-bond acceptors (Lipinski definition) is 8. The Morgan fingerprint density at radius 3 is 1.01 bits per heavy atom. The maximum atomic E-state index is 14.2. The molecule has 0 spiro atoms. The van der Waals surface area contributed by atoms with Crippen molar-refractivity contribution in [2.24, 2.45) is 0 Å². The van der Waals surface area contributed by atoms with Gasteiger partial charge in [-0.3, -0.25) is 9.59 Å². The second-order valence-electron chi connectivity index (χ2n) is 29.3. The minimum Gasteiger partial charge on any atom is -0.289 e. The van der Waals surface area contributed by atoms with Crippen LogP contribution in [-0.2, 0) is 36.5 Å². The molecule has 4 aromatic heterocycles. The number of unbranched alkanes of at least 4 members (excludes halogenated alkanes) is 12. The first-order chi connectivity index (χ1) is 53.1. The Labute approximate surface area is 652 Å². The average molecular weight is 1480 g/mol. The number of rotatable bonds is 28. The zero-order valence-corrected chi connectivity index (χ0v) is 65.3. The maximum Gasteiger partial charge on any atom is 0.270 e. The summed E-state index contributed by atoms with van der Waals surface area (Å²) in [5.41, 5.74) is 19.9. The van der Waals surface area contributed by atoms with E-state index in [1.165, 1.54) is 183 Å². The van der Waals surface area contributed by atoms with Crippen LogP contribution in [0.2, 0.25) is 0 Å². The first-order valence-corrected chi connectivity index (χ1v) is 42.1. The van der Waals surface area contributed by atoms with Gasteiger partial charge in [0.2, 0.25) is 0 Å². The molecule has 15 rings (SSSR count). The third kappa shape index (κ3) is 13.1. The van der Waals surface area contributed by atoms with Crippen LogP contribution in [0.5, 0.6) is 0 Å². The smallest absolute Gasteiger partial charge is 0.270 e. The lowest BCUT2D eigenvalue weighted by atomic mass is 9.65. The molecule has 0 saturated carbocycles. The number of thiophene rings is 4. The van der Waals surface area contributed by atoms with Crippen LogP contribution < -0.4 is 0 Å². The van der Waals surface area contributed by atoms with E-state index in [4.69, 9.17) is 13.1 Å². The summed E-state index contributed by atoms with van der Waals surface area (Å²) >= 11 is 7.34.